The smallest absolute Gasteiger partial charge is 0.261 e. The monoisotopic (exact) mass is 456 g/mol. The summed E-state index contributed by atoms with van der Waals surface area (Å²) in [7, 11) is 0. The van der Waals surface area contributed by atoms with E-state index in [2.05, 4.69) is 11.4 Å². The van der Waals surface area contributed by atoms with Crippen molar-refractivity contribution in [1.29, 1.82) is 0 Å². The van der Waals surface area contributed by atoms with Crippen molar-refractivity contribution >= 4 is 23.4 Å². The Morgan fingerprint density at radius 2 is 1.72 bits per heavy atom. The van der Waals surface area contributed by atoms with Gasteiger partial charge in [0.25, 0.3) is 5.91 Å². The second kappa shape index (κ2) is 11.4. The molecule has 2 aromatic carbocycles. The minimum absolute atomic E-state index is 0.0897. The summed E-state index contributed by atoms with van der Waals surface area (Å²) in [5.74, 6) is 0.353. The summed E-state index contributed by atoms with van der Waals surface area (Å²) in [6.07, 6.45) is 4.81. The van der Waals surface area contributed by atoms with Crippen LogP contribution in [-0.2, 0) is 16.1 Å². The van der Waals surface area contributed by atoms with Crippen LogP contribution < -0.4 is 10.1 Å². The first kappa shape index (κ1) is 24.1. The van der Waals surface area contributed by atoms with E-state index in [-0.39, 0.29) is 24.5 Å². The maximum absolute atomic E-state index is 13.3. The average Bonchev–Trinajstić information content (AvgIpc) is 3.25. The van der Waals surface area contributed by atoms with Gasteiger partial charge in [0.05, 0.1) is 0 Å². The van der Waals surface area contributed by atoms with E-state index in [1.165, 1.54) is 0 Å². The number of halogens is 1. The first-order valence-corrected chi connectivity index (χ1v) is 11.8. The highest BCUT2D eigenvalue weighted by molar-refractivity contribution is 6.30. The lowest BCUT2D eigenvalue weighted by molar-refractivity contribution is -0.143. The second-order valence-corrected chi connectivity index (χ2v) is 9.11. The molecule has 5 nitrogen and oxygen atoms in total. The molecule has 1 saturated carbocycles. The molecular formula is C26H33ClN2O3. The molecule has 0 heterocycles. The molecule has 3 rings (SSSR count). The minimum atomic E-state index is -0.554. The number of benzene rings is 2. The van der Waals surface area contributed by atoms with Gasteiger partial charge in [-0.1, -0.05) is 49.6 Å². The number of rotatable bonds is 9. The van der Waals surface area contributed by atoms with Crippen LogP contribution in [0, 0.1) is 13.8 Å². The lowest BCUT2D eigenvalue weighted by Crippen LogP contribution is -2.52. The maximum atomic E-state index is 13.3. The van der Waals surface area contributed by atoms with E-state index in [0.29, 0.717) is 23.7 Å². The van der Waals surface area contributed by atoms with Crippen molar-refractivity contribution < 1.29 is 14.3 Å². The van der Waals surface area contributed by atoms with Crippen LogP contribution in [0.5, 0.6) is 5.75 Å². The standard InChI is InChI=1S/C26H33ClN2O3/c1-4-24(26(31)28-22-7-5-6-8-22)29(16-20-9-11-21(27)12-10-20)25(30)17-32-23-14-18(2)13-19(3)15-23/h9-15,22,24H,4-8,16-17H2,1-3H3,(H,28,31)/t24-/m0/s1. The lowest BCUT2D eigenvalue weighted by atomic mass is 10.1. The highest BCUT2D eigenvalue weighted by Gasteiger charge is 2.30. The lowest BCUT2D eigenvalue weighted by Gasteiger charge is -2.31. The topological polar surface area (TPSA) is 58.6 Å². The fraction of sp³-hybridized carbons (Fsp3) is 0.462. The molecule has 0 bridgehead atoms. The molecule has 32 heavy (non-hydrogen) atoms. The SMILES string of the molecule is CC[C@@H](C(=O)NC1CCCC1)N(Cc1ccc(Cl)cc1)C(=O)COc1cc(C)cc(C)c1. The Hall–Kier alpha value is -2.53. The third-order valence-electron chi connectivity index (χ3n) is 5.91. The second-order valence-electron chi connectivity index (χ2n) is 8.67. The van der Waals surface area contributed by atoms with Crippen molar-refractivity contribution in [3.8, 4) is 5.75 Å². The fourth-order valence-corrected chi connectivity index (χ4v) is 4.44. The van der Waals surface area contributed by atoms with Gasteiger partial charge in [-0.3, -0.25) is 9.59 Å². The maximum Gasteiger partial charge on any atom is 0.261 e. The van der Waals surface area contributed by atoms with E-state index in [1.807, 2.05) is 45.0 Å². The van der Waals surface area contributed by atoms with Crippen LogP contribution in [0.1, 0.15) is 55.7 Å². The zero-order valence-corrected chi connectivity index (χ0v) is 20.0. The van der Waals surface area contributed by atoms with Gasteiger partial charge < -0.3 is 15.0 Å². The summed E-state index contributed by atoms with van der Waals surface area (Å²) >= 11 is 6.02. The number of nitrogens with one attached hydrogen (secondary N) is 1. The molecule has 1 aliphatic carbocycles. The van der Waals surface area contributed by atoms with E-state index < -0.39 is 6.04 Å². The van der Waals surface area contributed by atoms with Crippen molar-refractivity contribution in [2.24, 2.45) is 0 Å². The van der Waals surface area contributed by atoms with Gasteiger partial charge in [0.15, 0.2) is 6.61 Å². The summed E-state index contributed by atoms with van der Waals surface area (Å²) in [5, 5.41) is 3.79. The van der Waals surface area contributed by atoms with E-state index >= 15 is 0 Å². The summed E-state index contributed by atoms with van der Waals surface area (Å²) < 4.78 is 5.83. The Bertz CT molecular complexity index is 903. The zero-order valence-electron chi connectivity index (χ0n) is 19.2. The van der Waals surface area contributed by atoms with Crippen molar-refractivity contribution in [3.63, 3.8) is 0 Å². The molecule has 6 heteroatoms. The van der Waals surface area contributed by atoms with Gasteiger partial charge in [0.2, 0.25) is 5.91 Å². The zero-order chi connectivity index (χ0) is 23.1. The molecule has 172 valence electrons. The van der Waals surface area contributed by atoms with Crippen LogP contribution >= 0.6 is 11.6 Å². The number of ether oxygens (including phenoxy) is 1. The molecule has 2 amide bonds. The molecule has 2 aromatic rings. The Kier molecular flexibility index (Phi) is 8.57. The van der Waals surface area contributed by atoms with Crippen LogP contribution in [0.25, 0.3) is 0 Å². The molecule has 1 fully saturated rings. The Labute approximate surface area is 196 Å². The molecule has 1 N–H and O–H groups in total. The third kappa shape index (κ3) is 6.73. The molecule has 0 aromatic heterocycles. The Balaban J connectivity index is 1.76. The first-order chi connectivity index (χ1) is 15.4. The van der Waals surface area contributed by atoms with Crippen LogP contribution in [0.15, 0.2) is 42.5 Å². The van der Waals surface area contributed by atoms with Crippen LogP contribution in [0.4, 0.5) is 0 Å². The molecule has 0 saturated heterocycles. The number of aryl methyl sites for hydroxylation is 2. The number of nitrogens with zero attached hydrogens (tertiary/aromatic N) is 1. The molecule has 0 unspecified atom stereocenters. The van der Waals surface area contributed by atoms with Crippen molar-refractivity contribution in [3.05, 3.63) is 64.2 Å². The molecule has 1 aliphatic rings. The van der Waals surface area contributed by atoms with Gasteiger partial charge >= 0.3 is 0 Å². The van der Waals surface area contributed by atoms with Gasteiger partial charge in [0, 0.05) is 17.6 Å². The average molecular weight is 457 g/mol. The van der Waals surface area contributed by atoms with Crippen LogP contribution in [-0.4, -0.2) is 35.4 Å². The molecule has 1 atom stereocenters. The largest absolute Gasteiger partial charge is 0.484 e. The number of hydrogen-bond donors (Lipinski definition) is 1. The van der Waals surface area contributed by atoms with Crippen molar-refractivity contribution in [1.82, 2.24) is 10.2 Å². The number of carbonyl (C=O) groups excluding carboxylic acids is 2. The summed E-state index contributed by atoms with van der Waals surface area (Å²) in [5.41, 5.74) is 3.07. The first-order valence-electron chi connectivity index (χ1n) is 11.4. The number of hydrogen-bond acceptors (Lipinski definition) is 3. The normalized spacial score (nSPS) is 14.8. The summed E-state index contributed by atoms with van der Waals surface area (Å²) in [4.78, 5) is 28.0. The predicted molar refractivity (Wildman–Crippen MR) is 128 cm³/mol. The van der Waals surface area contributed by atoms with E-state index in [9.17, 15) is 9.59 Å². The van der Waals surface area contributed by atoms with E-state index in [1.54, 1.807) is 17.0 Å². The van der Waals surface area contributed by atoms with Gasteiger partial charge in [0.1, 0.15) is 11.8 Å². The summed E-state index contributed by atoms with van der Waals surface area (Å²) in [6, 6.07) is 12.9. The van der Waals surface area contributed by atoms with Crippen molar-refractivity contribution in [2.75, 3.05) is 6.61 Å². The Morgan fingerprint density at radius 3 is 2.31 bits per heavy atom. The molecule has 0 radical (unpaired) electrons. The predicted octanol–water partition coefficient (Wildman–Crippen LogP) is 5.20. The Morgan fingerprint density at radius 1 is 1.09 bits per heavy atom. The van der Waals surface area contributed by atoms with Gasteiger partial charge in [-0.15, -0.1) is 0 Å². The highest BCUT2D eigenvalue weighted by atomic mass is 35.5. The summed E-state index contributed by atoms with van der Waals surface area (Å²) in [6.45, 7) is 6.13. The fourth-order valence-electron chi connectivity index (χ4n) is 4.32. The van der Waals surface area contributed by atoms with E-state index in [0.717, 1.165) is 42.4 Å². The number of amides is 2. The molecule has 0 aliphatic heterocycles. The highest BCUT2D eigenvalue weighted by Crippen LogP contribution is 2.21. The molecular weight excluding hydrogens is 424 g/mol. The third-order valence-corrected chi connectivity index (χ3v) is 6.16. The van der Waals surface area contributed by atoms with Crippen molar-refractivity contribution in [2.45, 2.75) is 71.5 Å². The van der Waals surface area contributed by atoms with Crippen LogP contribution in [0.2, 0.25) is 5.02 Å². The van der Waals surface area contributed by atoms with Gasteiger partial charge in [-0.25, -0.2) is 0 Å². The van der Waals surface area contributed by atoms with E-state index in [4.69, 9.17) is 16.3 Å². The van der Waals surface area contributed by atoms with Crippen LogP contribution in [0.3, 0.4) is 0 Å². The van der Waals surface area contributed by atoms with Gasteiger partial charge in [-0.05, 0) is 74.1 Å². The quantitative estimate of drug-likeness (QED) is 0.564. The number of carbonyl (C=O) groups is 2. The van der Waals surface area contributed by atoms with Gasteiger partial charge in [-0.2, -0.15) is 0 Å². The minimum Gasteiger partial charge on any atom is -0.484 e. The molecule has 0 spiro atoms.